The third-order valence-electron chi connectivity index (χ3n) is 6.72. The van der Waals surface area contributed by atoms with Crippen molar-refractivity contribution in [1.29, 1.82) is 0 Å². The minimum absolute atomic E-state index is 0.0937. The lowest BCUT2D eigenvalue weighted by Gasteiger charge is -2.24. The minimum Gasteiger partial charge on any atom is -0.481 e. The predicted molar refractivity (Wildman–Crippen MR) is 77.7 cm³/mol. The van der Waals surface area contributed by atoms with E-state index in [0.29, 0.717) is 37.8 Å². The van der Waals surface area contributed by atoms with Crippen molar-refractivity contribution in [2.24, 2.45) is 29.1 Å². The number of urea groups is 1. The lowest BCUT2D eigenvalue weighted by atomic mass is 9.81. The van der Waals surface area contributed by atoms with Gasteiger partial charge < -0.3 is 24.8 Å². The fourth-order valence-corrected chi connectivity index (χ4v) is 5.29. The van der Waals surface area contributed by atoms with Gasteiger partial charge in [-0.25, -0.2) is 4.79 Å². The Kier molecular flexibility index (Phi) is 2.81. The van der Waals surface area contributed by atoms with Gasteiger partial charge in [-0.2, -0.15) is 0 Å². The lowest BCUT2D eigenvalue weighted by Crippen LogP contribution is -2.45. The molecule has 7 nitrogen and oxygen atoms in total. The van der Waals surface area contributed by atoms with Crippen LogP contribution in [0.2, 0.25) is 0 Å². The topological polar surface area (TPSA) is 88.1 Å². The zero-order chi connectivity index (χ0) is 15.8. The van der Waals surface area contributed by atoms with Gasteiger partial charge in [-0.1, -0.05) is 0 Å². The average molecular weight is 322 g/mol. The van der Waals surface area contributed by atoms with Crippen LogP contribution in [0.5, 0.6) is 0 Å². The maximum Gasteiger partial charge on any atom is 0.317 e. The molecule has 0 aromatic rings. The number of hydrogen-bond donors (Lipinski definition) is 2. The van der Waals surface area contributed by atoms with Gasteiger partial charge in [-0.15, -0.1) is 0 Å². The van der Waals surface area contributed by atoms with Crippen LogP contribution in [0.15, 0.2) is 0 Å². The number of carbonyl (C=O) groups is 2. The van der Waals surface area contributed by atoms with E-state index >= 15 is 0 Å². The molecular formula is C16H22N2O5. The highest BCUT2D eigenvalue weighted by Crippen LogP contribution is 2.60. The molecule has 126 valence electrons. The Bertz CT molecular complexity index is 569. The first-order chi connectivity index (χ1) is 11.1. The van der Waals surface area contributed by atoms with Gasteiger partial charge in [0.25, 0.3) is 0 Å². The molecule has 4 heterocycles. The summed E-state index contributed by atoms with van der Waals surface area (Å²) in [7, 11) is 0. The minimum atomic E-state index is -0.909. The van der Waals surface area contributed by atoms with Gasteiger partial charge in [0.1, 0.15) is 5.41 Å². The second-order valence-corrected chi connectivity index (χ2v) is 7.94. The van der Waals surface area contributed by atoms with Crippen LogP contribution in [-0.4, -0.2) is 67.1 Å². The Morgan fingerprint density at radius 2 is 2.17 bits per heavy atom. The zero-order valence-electron chi connectivity index (χ0n) is 12.9. The number of nitrogens with one attached hydrogen (secondary N) is 1. The predicted octanol–water partition coefficient (Wildman–Crippen LogP) is 0.152. The molecule has 1 aliphatic carbocycles. The van der Waals surface area contributed by atoms with Crippen molar-refractivity contribution in [3.05, 3.63) is 0 Å². The standard InChI is InChI=1S/C16H22N2O5/c19-14(20)16-6-18(4-9(16)5-22-7-16)15(21)17-3-8-1-12-10-2-11(10)13(8)23-12/h8-13H,1-7H2,(H,17,21)(H,19,20)/t8-,9+,10+,11-,12-,13+,16+/m0/s1. The highest BCUT2D eigenvalue weighted by Gasteiger charge is 2.62. The van der Waals surface area contributed by atoms with Crippen LogP contribution >= 0.6 is 0 Å². The molecule has 0 aromatic carbocycles. The summed E-state index contributed by atoms with van der Waals surface area (Å²) in [5.74, 6) is 1.00. The summed E-state index contributed by atoms with van der Waals surface area (Å²) in [6.45, 7) is 1.99. The molecule has 7 heteroatoms. The monoisotopic (exact) mass is 322 g/mol. The van der Waals surface area contributed by atoms with E-state index in [9.17, 15) is 14.7 Å². The van der Waals surface area contributed by atoms with Crippen molar-refractivity contribution < 1.29 is 24.2 Å². The first-order valence-corrected chi connectivity index (χ1v) is 8.58. The molecule has 0 aromatic heterocycles. The van der Waals surface area contributed by atoms with E-state index in [1.807, 2.05) is 0 Å². The Labute approximate surface area is 134 Å². The summed E-state index contributed by atoms with van der Waals surface area (Å²) in [4.78, 5) is 25.7. The summed E-state index contributed by atoms with van der Waals surface area (Å²) in [5, 5.41) is 12.5. The maximum atomic E-state index is 12.4. The fraction of sp³-hybridized carbons (Fsp3) is 0.875. The quantitative estimate of drug-likeness (QED) is 0.772. The number of nitrogens with zero attached hydrogens (tertiary/aromatic N) is 1. The van der Waals surface area contributed by atoms with Crippen molar-refractivity contribution in [3.63, 3.8) is 0 Å². The molecule has 23 heavy (non-hydrogen) atoms. The highest BCUT2D eigenvalue weighted by molar-refractivity contribution is 5.80. The smallest absolute Gasteiger partial charge is 0.317 e. The van der Waals surface area contributed by atoms with E-state index in [1.54, 1.807) is 4.90 Å². The van der Waals surface area contributed by atoms with Gasteiger partial charge in [0.15, 0.2) is 0 Å². The third-order valence-corrected chi connectivity index (χ3v) is 6.72. The van der Waals surface area contributed by atoms with Crippen molar-refractivity contribution in [2.45, 2.75) is 25.0 Å². The van der Waals surface area contributed by atoms with E-state index in [2.05, 4.69) is 5.32 Å². The van der Waals surface area contributed by atoms with Crippen LogP contribution in [-0.2, 0) is 14.3 Å². The van der Waals surface area contributed by atoms with E-state index in [1.165, 1.54) is 6.42 Å². The SMILES string of the molecule is O=C(NC[C@@H]1C[C@@H]2O[C@H]1[C@H]1C[C@H]12)N1C[C@@H]2COC[C@]2(C(=O)O)C1. The number of hydrogen-bond acceptors (Lipinski definition) is 4. The Morgan fingerprint density at radius 1 is 1.30 bits per heavy atom. The van der Waals surface area contributed by atoms with Gasteiger partial charge in [0.05, 0.1) is 25.4 Å². The maximum absolute atomic E-state index is 12.4. The van der Waals surface area contributed by atoms with Gasteiger partial charge in [-0.05, 0) is 24.7 Å². The van der Waals surface area contributed by atoms with Crippen molar-refractivity contribution in [3.8, 4) is 0 Å². The van der Waals surface area contributed by atoms with Crippen molar-refractivity contribution in [2.75, 3.05) is 32.8 Å². The Morgan fingerprint density at radius 3 is 2.87 bits per heavy atom. The van der Waals surface area contributed by atoms with E-state index in [-0.39, 0.29) is 25.1 Å². The molecule has 5 rings (SSSR count). The normalized spacial score (nSPS) is 49.1. The molecule has 2 N–H and O–H groups in total. The second-order valence-electron chi connectivity index (χ2n) is 7.94. The molecule has 4 saturated heterocycles. The molecule has 4 aliphatic heterocycles. The first kappa shape index (κ1) is 14.0. The lowest BCUT2D eigenvalue weighted by molar-refractivity contribution is -0.149. The molecule has 2 amide bonds. The number of likely N-dealkylation sites (tertiary alicyclic amines) is 1. The Hall–Kier alpha value is -1.34. The molecule has 5 fully saturated rings. The van der Waals surface area contributed by atoms with Crippen LogP contribution in [0.1, 0.15) is 12.8 Å². The van der Waals surface area contributed by atoms with Crippen molar-refractivity contribution in [1.82, 2.24) is 10.2 Å². The van der Waals surface area contributed by atoms with Crippen LogP contribution in [0.3, 0.4) is 0 Å². The van der Waals surface area contributed by atoms with Crippen molar-refractivity contribution >= 4 is 12.0 Å². The molecule has 0 spiro atoms. The number of amides is 2. The van der Waals surface area contributed by atoms with Crippen LogP contribution in [0.25, 0.3) is 0 Å². The third kappa shape index (κ3) is 1.89. The average Bonchev–Trinajstić information content (AvgIpc) is 2.87. The largest absolute Gasteiger partial charge is 0.481 e. The molecule has 0 radical (unpaired) electrons. The molecular weight excluding hydrogens is 300 g/mol. The van der Waals surface area contributed by atoms with Crippen LogP contribution in [0, 0.1) is 29.1 Å². The summed E-state index contributed by atoms with van der Waals surface area (Å²) >= 11 is 0. The van der Waals surface area contributed by atoms with Crippen LogP contribution in [0.4, 0.5) is 4.79 Å². The van der Waals surface area contributed by atoms with E-state index in [0.717, 1.165) is 18.3 Å². The number of carboxylic acid groups (broad SMARTS) is 1. The number of carboxylic acids is 1. The van der Waals surface area contributed by atoms with Gasteiger partial charge in [-0.3, -0.25) is 4.79 Å². The summed E-state index contributed by atoms with van der Waals surface area (Å²) in [6, 6.07) is -0.143. The highest BCUT2D eigenvalue weighted by atomic mass is 16.5. The molecule has 2 bridgehead atoms. The zero-order valence-corrected chi connectivity index (χ0v) is 12.9. The van der Waals surface area contributed by atoms with Gasteiger partial charge in [0, 0.05) is 31.5 Å². The molecule has 5 aliphatic rings. The number of carbonyl (C=O) groups excluding carboxylic acids is 1. The van der Waals surface area contributed by atoms with Crippen LogP contribution < -0.4 is 5.32 Å². The van der Waals surface area contributed by atoms with E-state index in [4.69, 9.17) is 9.47 Å². The molecule has 0 unspecified atom stereocenters. The van der Waals surface area contributed by atoms with Gasteiger partial charge >= 0.3 is 12.0 Å². The summed E-state index contributed by atoms with van der Waals surface area (Å²) < 4.78 is 11.3. The Balaban J connectivity index is 1.19. The summed E-state index contributed by atoms with van der Waals surface area (Å²) in [6.07, 6.45) is 3.11. The van der Waals surface area contributed by atoms with E-state index < -0.39 is 11.4 Å². The van der Waals surface area contributed by atoms with Gasteiger partial charge in [0.2, 0.25) is 0 Å². The number of rotatable bonds is 3. The number of aliphatic carboxylic acids is 1. The fourth-order valence-electron chi connectivity index (χ4n) is 5.29. The number of fused-ring (bicyclic) bond motifs is 6. The number of ether oxygens (including phenoxy) is 2. The second kappa shape index (κ2) is 4.60. The first-order valence-electron chi connectivity index (χ1n) is 8.58. The summed E-state index contributed by atoms with van der Waals surface area (Å²) in [5.41, 5.74) is -0.909. The molecule has 7 atom stereocenters. The molecule has 1 saturated carbocycles.